The van der Waals surface area contributed by atoms with Crippen LogP contribution in [-0.4, -0.2) is 30.7 Å². The fraction of sp³-hybridized carbons (Fsp3) is 0.111. The third-order valence-corrected chi connectivity index (χ3v) is 3.44. The molecule has 4 nitrogen and oxygen atoms in total. The number of amides is 1. The SMILES string of the molecule is CN(C)C(=O)/C=C1\NC(c2ccccc2)=Nc2ccccc21. The van der Waals surface area contributed by atoms with Crippen molar-refractivity contribution >= 4 is 23.1 Å². The number of hydrogen-bond donors (Lipinski definition) is 1. The van der Waals surface area contributed by atoms with Crippen LogP contribution in [0, 0.1) is 0 Å². The summed E-state index contributed by atoms with van der Waals surface area (Å²) in [5.41, 5.74) is 3.54. The van der Waals surface area contributed by atoms with Crippen molar-refractivity contribution in [3.63, 3.8) is 0 Å². The van der Waals surface area contributed by atoms with E-state index in [0.29, 0.717) is 0 Å². The van der Waals surface area contributed by atoms with E-state index in [-0.39, 0.29) is 5.91 Å². The first-order valence-corrected chi connectivity index (χ1v) is 7.08. The Bertz CT molecular complexity index is 761. The Labute approximate surface area is 129 Å². The van der Waals surface area contributed by atoms with Crippen molar-refractivity contribution in [1.29, 1.82) is 0 Å². The van der Waals surface area contributed by atoms with Crippen molar-refractivity contribution in [1.82, 2.24) is 10.2 Å². The van der Waals surface area contributed by atoms with Crippen LogP contribution in [0.5, 0.6) is 0 Å². The Morgan fingerprint density at radius 1 is 1.05 bits per heavy atom. The number of para-hydroxylation sites is 1. The van der Waals surface area contributed by atoms with Gasteiger partial charge in [0.15, 0.2) is 0 Å². The van der Waals surface area contributed by atoms with Crippen molar-refractivity contribution in [3.8, 4) is 0 Å². The summed E-state index contributed by atoms with van der Waals surface area (Å²) in [5.74, 6) is 0.684. The molecule has 1 aliphatic rings. The van der Waals surface area contributed by atoms with Gasteiger partial charge in [0.25, 0.3) is 0 Å². The summed E-state index contributed by atoms with van der Waals surface area (Å²) in [7, 11) is 3.47. The molecule has 2 aromatic rings. The van der Waals surface area contributed by atoms with Crippen LogP contribution in [-0.2, 0) is 4.79 Å². The van der Waals surface area contributed by atoms with Gasteiger partial charge in [-0.05, 0) is 6.07 Å². The van der Waals surface area contributed by atoms with E-state index in [9.17, 15) is 4.79 Å². The lowest BCUT2D eigenvalue weighted by atomic mass is 10.1. The Kier molecular flexibility index (Phi) is 3.74. The van der Waals surface area contributed by atoms with Gasteiger partial charge in [-0.2, -0.15) is 0 Å². The second-order valence-electron chi connectivity index (χ2n) is 5.26. The van der Waals surface area contributed by atoms with Crippen molar-refractivity contribution in [3.05, 3.63) is 71.8 Å². The highest BCUT2D eigenvalue weighted by Crippen LogP contribution is 2.29. The van der Waals surface area contributed by atoms with Crippen molar-refractivity contribution in [2.75, 3.05) is 14.1 Å². The van der Waals surface area contributed by atoms with Gasteiger partial charge in [-0.1, -0.05) is 48.5 Å². The lowest BCUT2D eigenvalue weighted by molar-refractivity contribution is -0.123. The van der Waals surface area contributed by atoms with Crippen LogP contribution in [0.25, 0.3) is 5.70 Å². The molecule has 0 fully saturated rings. The first kappa shape index (κ1) is 14.1. The molecule has 0 aliphatic carbocycles. The van der Waals surface area contributed by atoms with Crippen molar-refractivity contribution in [2.45, 2.75) is 0 Å². The largest absolute Gasteiger partial charge is 0.345 e. The van der Waals surface area contributed by atoms with Gasteiger partial charge in [0.05, 0.1) is 11.4 Å². The van der Waals surface area contributed by atoms with Gasteiger partial charge >= 0.3 is 0 Å². The standard InChI is InChI=1S/C18H17N3O/c1-21(2)17(22)12-16-14-10-6-7-11-15(14)19-18(20-16)13-8-4-3-5-9-13/h3-12H,1-2H3,(H,19,20)/b16-12-. The number of benzene rings is 2. The summed E-state index contributed by atoms with van der Waals surface area (Å²) < 4.78 is 0. The zero-order valence-corrected chi connectivity index (χ0v) is 12.6. The lowest BCUT2D eigenvalue weighted by Crippen LogP contribution is -2.28. The van der Waals surface area contributed by atoms with Crippen LogP contribution in [0.4, 0.5) is 5.69 Å². The average molecular weight is 291 g/mol. The number of amidine groups is 1. The number of carbonyl (C=O) groups is 1. The summed E-state index contributed by atoms with van der Waals surface area (Å²) in [6.07, 6.45) is 1.61. The molecule has 1 amide bonds. The summed E-state index contributed by atoms with van der Waals surface area (Å²) in [4.78, 5) is 18.2. The topological polar surface area (TPSA) is 44.7 Å². The molecule has 0 spiro atoms. The second kappa shape index (κ2) is 5.85. The monoisotopic (exact) mass is 291 g/mol. The van der Waals surface area contributed by atoms with Gasteiger partial charge in [-0.25, -0.2) is 4.99 Å². The smallest absolute Gasteiger partial charge is 0.248 e. The number of aliphatic imine (C=N–C) groups is 1. The molecule has 0 saturated heterocycles. The van der Waals surface area contributed by atoms with Crippen LogP contribution in [0.15, 0.2) is 65.7 Å². The molecule has 1 N–H and O–H groups in total. The van der Waals surface area contributed by atoms with Crippen LogP contribution in [0.3, 0.4) is 0 Å². The predicted octanol–water partition coefficient (Wildman–Crippen LogP) is 2.80. The summed E-state index contributed by atoms with van der Waals surface area (Å²) in [6.45, 7) is 0. The summed E-state index contributed by atoms with van der Waals surface area (Å²) in [6, 6.07) is 17.7. The highest BCUT2D eigenvalue weighted by Gasteiger charge is 2.18. The van der Waals surface area contributed by atoms with Gasteiger partial charge < -0.3 is 10.2 Å². The lowest BCUT2D eigenvalue weighted by Gasteiger charge is -2.21. The van der Waals surface area contributed by atoms with Crippen LogP contribution in [0.2, 0.25) is 0 Å². The minimum Gasteiger partial charge on any atom is -0.345 e. The minimum atomic E-state index is -0.0633. The number of nitrogens with zero attached hydrogens (tertiary/aromatic N) is 2. The van der Waals surface area contributed by atoms with E-state index in [1.54, 1.807) is 25.1 Å². The van der Waals surface area contributed by atoms with Crippen LogP contribution < -0.4 is 5.32 Å². The quantitative estimate of drug-likeness (QED) is 0.865. The van der Waals surface area contributed by atoms with Crippen molar-refractivity contribution in [2.24, 2.45) is 4.99 Å². The van der Waals surface area contributed by atoms with Gasteiger partial charge in [0.2, 0.25) is 5.91 Å². The maximum Gasteiger partial charge on any atom is 0.248 e. The molecule has 0 atom stereocenters. The highest BCUT2D eigenvalue weighted by atomic mass is 16.2. The maximum atomic E-state index is 12.0. The first-order chi connectivity index (χ1) is 10.6. The molecule has 1 aliphatic heterocycles. The van der Waals surface area contributed by atoms with Crippen molar-refractivity contribution < 1.29 is 4.79 Å². The van der Waals surface area contributed by atoms with E-state index in [0.717, 1.165) is 28.3 Å². The van der Waals surface area contributed by atoms with E-state index in [1.165, 1.54) is 0 Å². The molecule has 3 rings (SSSR count). The summed E-state index contributed by atoms with van der Waals surface area (Å²) >= 11 is 0. The highest BCUT2D eigenvalue weighted by molar-refractivity contribution is 6.10. The van der Waals surface area contributed by atoms with E-state index in [4.69, 9.17) is 0 Å². The van der Waals surface area contributed by atoms with Gasteiger partial charge in [-0.3, -0.25) is 4.79 Å². The Hall–Kier alpha value is -2.88. The third kappa shape index (κ3) is 2.76. The molecule has 0 radical (unpaired) electrons. The normalized spacial score (nSPS) is 14.8. The Morgan fingerprint density at radius 3 is 2.45 bits per heavy atom. The number of rotatable bonds is 2. The molecule has 110 valence electrons. The molecule has 4 heteroatoms. The van der Waals surface area contributed by atoms with Gasteiger partial charge in [0, 0.05) is 31.3 Å². The number of likely N-dealkylation sites (N-methyl/N-ethyl adjacent to an activating group) is 1. The zero-order chi connectivity index (χ0) is 15.5. The first-order valence-electron chi connectivity index (χ1n) is 7.08. The second-order valence-corrected chi connectivity index (χ2v) is 5.26. The molecule has 0 aromatic heterocycles. The number of hydrogen-bond acceptors (Lipinski definition) is 3. The minimum absolute atomic E-state index is 0.0633. The van der Waals surface area contributed by atoms with E-state index in [2.05, 4.69) is 10.3 Å². The summed E-state index contributed by atoms with van der Waals surface area (Å²) in [5, 5.41) is 3.28. The number of fused-ring (bicyclic) bond motifs is 1. The Balaban J connectivity index is 2.08. The molecule has 22 heavy (non-hydrogen) atoms. The Morgan fingerprint density at radius 2 is 1.73 bits per heavy atom. The van der Waals surface area contributed by atoms with Gasteiger partial charge in [0.1, 0.15) is 5.84 Å². The maximum absolute atomic E-state index is 12.0. The molecular formula is C18H17N3O. The van der Waals surface area contributed by atoms with Gasteiger partial charge in [-0.15, -0.1) is 0 Å². The number of nitrogens with one attached hydrogen (secondary N) is 1. The van der Waals surface area contributed by atoms with E-state index in [1.807, 2.05) is 54.6 Å². The van der Waals surface area contributed by atoms with Crippen LogP contribution in [0.1, 0.15) is 11.1 Å². The molecular weight excluding hydrogens is 274 g/mol. The van der Waals surface area contributed by atoms with E-state index < -0.39 is 0 Å². The third-order valence-electron chi connectivity index (χ3n) is 3.44. The molecule has 0 unspecified atom stereocenters. The number of carbonyl (C=O) groups excluding carboxylic acids is 1. The van der Waals surface area contributed by atoms with E-state index >= 15 is 0 Å². The molecule has 2 aromatic carbocycles. The molecule has 0 saturated carbocycles. The molecule has 0 bridgehead atoms. The fourth-order valence-electron chi connectivity index (χ4n) is 2.24. The fourth-order valence-corrected chi connectivity index (χ4v) is 2.24. The predicted molar refractivity (Wildman–Crippen MR) is 88.9 cm³/mol. The molecule has 1 heterocycles. The zero-order valence-electron chi connectivity index (χ0n) is 12.6. The average Bonchev–Trinajstić information content (AvgIpc) is 2.55. The van der Waals surface area contributed by atoms with Crippen LogP contribution >= 0.6 is 0 Å².